The molecular formula is C11H21NO3. The summed E-state index contributed by atoms with van der Waals surface area (Å²) in [5, 5.41) is 0. The van der Waals surface area contributed by atoms with Crippen LogP contribution in [0.15, 0.2) is 0 Å². The number of likely N-dealkylation sites (tertiary alicyclic amines) is 1. The predicted octanol–water partition coefficient (Wildman–Crippen LogP) is 1.89. The van der Waals surface area contributed by atoms with E-state index in [0.29, 0.717) is 19.0 Å². The van der Waals surface area contributed by atoms with Crippen LogP contribution in [0.2, 0.25) is 0 Å². The van der Waals surface area contributed by atoms with Crippen LogP contribution >= 0.6 is 0 Å². The molecule has 2 atom stereocenters. The van der Waals surface area contributed by atoms with Gasteiger partial charge in [-0.15, -0.1) is 0 Å². The van der Waals surface area contributed by atoms with Gasteiger partial charge >= 0.3 is 6.09 Å². The van der Waals surface area contributed by atoms with Gasteiger partial charge in [-0.05, 0) is 20.8 Å². The topological polar surface area (TPSA) is 38.8 Å². The molecule has 0 spiro atoms. The molecule has 88 valence electrons. The number of carbonyl (C=O) groups is 1. The molecule has 1 saturated heterocycles. The summed E-state index contributed by atoms with van der Waals surface area (Å²) in [7, 11) is 1.68. The van der Waals surface area contributed by atoms with Crippen molar-refractivity contribution in [2.24, 2.45) is 5.92 Å². The summed E-state index contributed by atoms with van der Waals surface area (Å²) in [5.74, 6) is 0.377. The molecule has 1 heterocycles. The van der Waals surface area contributed by atoms with E-state index in [-0.39, 0.29) is 12.2 Å². The molecule has 1 amide bonds. The molecule has 15 heavy (non-hydrogen) atoms. The minimum atomic E-state index is -0.425. The summed E-state index contributed by atoms with van der Waals surface area (Å²) in [6, 6.07) is 0. The van der Waals surface area contributed by atoms with Gasteiger partial charge in [-0.1, -0.05) is 6.92 Å². The molecule has 0 aromatic carbocycles. The standard InChI is InChI=1S/C11H21NO3/c1-8-6-12(7-9(8)14-5)10(13)15-11(2,3)4/h8-9H,6-7H2,1-5H3/t8-,9+/m0/s1. The van der Waals surface area contributed by atoms with E-state index in [1.54, 1.807) is 12.0 Å². The molecule has 4 heteroatoms. The van der Waals surface area contributed by atoms with Crippen molar-refractivity contribution in [2.45, 2.75) is 39.4 Å². The van der Waals surface area contributed by atoms with Crippen molar-refractivity contribution < 1.29 is 14.3 Å². The van der Waals surface area contributed by atoms with Crippen molar-refractivity contribution in [1.29, 1.82) is 0 Å². The van der Waals surface area contributed by atoms with Crippen molar-refractivity contribution in [3.63, 3.8) is 0 Å². The second kappa shape index (κ2) is 4.39. The molecule has 0 aromatic rings. The minimum Gasteiger partial charge on any atom is -0.444 e. The van der Waals surface area contributed by atoms with Crippen LogP contribution < -0.4 is 0 Å². The number of amides is 1. The number of ether oxygens (including phenoxy) is 2. The fraction of sp³-hybridized carbons (Fsp3) is 0.909. The Labute approximate surface area is 91.5 Å². The van der Waals surface area contributed by atoms with Gasteiger partial charge in [0, 0.05) is 19.6 Å². The monoisotopic (exact) mass is 215 g/mol. The molecule has 0 unspecified atom stereocenters. The zero-order chi connectivity index (χ0) is 11.6. The number of carbonyl (C=O) groups excluding carboxylic acids is 1. The van der Waals surface area contributed by atoms with Gasteiger partial charge in [-0.25, -0.2) is 4.79 Å². The molecule has 1 aliphatic heterocycles. The van der Waals surface area contributed by atoms with E-state index in [9.17, 15) is 4.79 Å². The lowest BCUT2D eigenvalue weighted by molar-refractivity contribution is 0.0252. The van der Waals surface area contributed by atoms with Gasteiger partial charge in [-0.3, -0.25) is 0 Å². The number of rotatable bonds is 1. The number of hydrogen-bond acceptors (Lipinski definition) is 3. The maximum atomic E-state index is 11.7. The van der Waals surface area contributed by atoms with Crippen molar-refractivity contribution in [3.8, 4) is 0 Å². The SMILES string of the molecule is CO[C@@H]1CN(C(=O)OC(C)(C)C)C[C@@H]1C. The molecular weight excluding hydrogens is 194 g/mol. The zero-order valence-electron chi connectivity index (χ0n) is 10.2. The highest BCUT2D eigenvalue weighted by molar-refractivity contribution is 5.68. The number of hydrogen-bond donors (Lipinski definition) is 0. The molecule has 1 rings (SSSR count). The summed E-state index contributed by atoms with van der Waals surface area (Å²) < 4.78 is 10.6. The van der Waals surface area contributed by atoms with Gasteiger partial charge < -0.3 is 14.4 Å². The first kappa shape index (κ1) is 12.3. The van der Waals surface area contributed by atoms with Crippen LogP contribution in [0.4, 0.5) is 4.79 Å². The van der Waals surface area contributed by atoms with Crippen molar-refractivity contribution in [3.05, 3.63) is 0 Å². The van der Waals surface area contributed by atoms with Crippen molar-refractivity contribution >= 4 is 6.09 Å². The Morgan fingerprint density at radius 1 is 1.33 bits per heavy atom. The van der Waals surface area contributed by atoms with E-state index in [2.05, 4.69) is 6.92 Å². The summed E-state index contributed by atoms with van der Waals surface area (Å²) in [5.41, 5.74) is -0.425. The lowest BCUT2D eigenvalue weighted by atomic mass is 10.1. The molecule has 0 aromatic heterocycles. The summed E-state index contributed by atoms with van der Waals surface area (Å²) in [6.45, 7) is 9.05. The average Bonchev–Trinajstić information content (AvgIpc) is 2.43. The van der Waals surface area contributed by atoms with Crippen molar-refractivity contribution in [1.82, 2.24) is 4.90 Å². The highest BCUT2D eigenvalue weighted by Crippen LogP contribution is 2.21. The van der Waals surface area contributed by atoms with Crippen LogP contribution in [0.25, 0.3) is 0 Å². The Morgan fingerprint density at radius 3 is 2.33 bits per heavy atom. The average molecular weight is 215 g/mol. The van der Waals surface area contributed by atoms with E-state index >= 15 is 0 Å². The highest BCUT2D eigenvalue weighted by atomic mass is 16.6. The maximum Gasteiger partial charge on any atom is 0.410 e. The quantitative estimate of drug-likeness (QED) is 0.670. The van der Waals surface area contributed by atoms with E-state index in [0.717, 1.165) is 0 Å². The van der Waals surface area contributed by atoms with Gasteiger partial charge in [-0.2, -0.15) is 0 Å². The Hall–Kier alpha value is -0.770. The summed E-state index contributed by atoms with van der Waals surface area (Å²) >= 11 is 0. The third-order valence-electron chi connectivity index (χ3n) is 2.50. The molecule has 0 radical (unpaired) electrons. The van der Waals surface area contributed by atoms with E-state index in [1.165, 1.54) is 0 Å². The van der Waals surface area contributed by atoms with Crippen LogP contribution in [0, 0.1) is 5.92 Å². The Balaban J connectivity index is 2.50. The largest absolute Gasteiger partial charge is 0.444 e. The third kappa shape index (κ3) is 3.38. The van der Waals surface area contributed by atoms with Gasteiger partial charge in [0.05, 0.1) is 12.6 Å². The smallest absolute Gasteiger partial charge is 0.410 e. The second-order valence-electron chi connectivity index (χ2n) is 5.14. The van der Waals surface area contributed by atoms with E-state index in [4.69, 9.17) is 9.47 Å². The lowest BCUT2D eigenvalue weighted by Gasteiger charge is -2.24. The fourth-order valence-corrected chi connectivity index (χ4v) is 1.72. The molecule has 1 fully saturated rings. The molecule has 4 nitrogen and oxygen atoms in total. The Kier molecular flexibility index (Phi) is 3.60. The lowest BCUT2D eigenvalue weighted by Crippen LogP contribution is -2.36. The third-order valence-corrected chi connectivity index (χ3v) is 2.50. The van der Waals surface area contributed by atoms with E-state index < -0.39 is 5.60 Å². The van der Waals surface area contributed by atoms with Crippen molar-refractivity contribution in [2.75, 3.05) is 20.2 Å². The van der Waals surface area contributed by atoms with Gasteiger partial charge in [0.1, 0.15) is 5.60 Å². The number of nitrogens with zero attached hydrogens (tertiary/aromatic N) is 1. The normalized spacial score (nSPS) is 26.9. The van der Waals surface area contributed by atoms with Crippen LogP contribution in [-0.4, -0.2) is 42.9 Å². The summed E-state index contributed by atoms with van der Waals surface area (Å²) in [6.07, 6.45) is -0.105. The first-order valence-corrected chi connectivity index (χ1v) is 5.34. The van der Waals surface area contributed by atoms with Crippen LogP contribution in [0.5, 0.6) is 0 Å². The molecule has 0 bridgehead atoms. The van der Waals surface area contributed by atoms with Crippen LogP contribution in [0.3, 0.4) is 0 Å². The highest BCUT2D eigenvalue weighted by Gasteiger charge is 2.34. The molecule has 0 aliphatic carbocycles. The minimum absolute atomic E-state index is 0.137. The number of methoxy groups -OCH3 is 1. The molecule has 1 aliphatic rings. The van der Waals surface area contributed by atoms with Gasteiger partial charge in [0.2, 0.25) is 0 Å². The fourth-order valence-electron chi connectivity index (χ4n) is 1.72. The first-order chi connectivity index (χ1) is 6.83. The molecule has 0 saturated carbocycles. The van der Waals surface area contributed by atoms with E-state index in [1.807, 2.05) is 20.8 Å². The zero-order valence-corrected chi connectivity index (χ0v) is 10.2. The van der Waals surface area contributed by atoms with Gasteiger partial charge in [0.15, 0.2) is 0 Å². The second-order valence-corrected chi connectivity index (χ2v) is 5.14. The van der Waals surface area contributed by atoms with Gasteiger partial charge in [0.25, 0.3) is 0 Å². The van der Waals surface area contributed by atoms with Crippen LogP contribution in [-0.2, 0) is 9.47 Å². The Bertz CT molecular complexity index is 234. The first-order valence-electron chi connectivity index (χ1n) is 5.34. The summed E-state index contributed by atoms with van der Waals surface area (Å²) in [4.78, 5) is 13.4. The Morgan fingerprint density at radius 2 is 1.93 bits per heavy atom. The predicted molar refractivity (Wildman–Crippen MR) is 57.8 cm³/mol. The maximum absolute atomic E-state index is 11.7. The van der Waals surface area contributed by atoms with Crippen LogP contribution in [0.1, 0.15) is 27.7 Å². The molecule has 0 N–H and O–H groups in total.